The Balaban J connectivity index is 1.69. The molecule has 1 aliphatic heterocycles. The maximum atomic E-state index is 6.01. The molecule has 1 saturated heterocycles. The Kier molecular flexibility index (Phi) is 5.03. The van der Waals surface area contributed by atoms with Gasteiger partial charge in [0.25, 0.3) is 0 Å². The first-order valence-corrected chi connectivity index (χ1v) is 9.51. The van der Waals surface area contributed by atoms with Gasteiger partial charge >= 0.3 is 0 Å². The first-order chi connectivity index (χ1) is 10.2. The van der Waals surface area contributed by atoms with Gasteiger partial charge in [0.05, 0.1) is 5.60 Å². The van der Waals surface area contributed by atoms with E-state index in [1.165, 1.54) is 30.6 Å². The maximum absolute atomic E-state index is 6.01. The summed E-state index contributed by atoms with van der Waals surface area (Å²) in [7, 11) is 0. The SMILES string of the molecule is CCC1(C)CC(NC(c2cccs2)C2CCCC2)CCO1. The van der Waals surface area contributed by atoms with E-state index in [2.05, 4.69) is 36.7 Å². The second kappa shape index (κ2) is 6.80. The van der Waals surface area contributed by atoms with Crippen molar-refractivity contribution in [3.8, 4) is 0 Å². The quantitative estimate of drug-likeness (QED) is 0.834. The third kappa shape index (κ3) is 3.69. The molecule has 2 nitrogen and oxygen atoms in total. The number of thiophene rings is 1. The van der Waals surface area contributed by atoms with Gasteiger partial charge in [-0.25, -0.2) is 0 Å². The molecule has 0 spiro atoms. The molecule has 3 rings (SSSR count). The molecule has 2 aliphatic rings. The van der Waals surface area contributed by atoms with E-state index < -0.39 is 0 Å². The largest absolute Gasteiger partial charge is 0.375 e. The van der Waals surface area contributed by atoms with Crippen LogP contribution in [0, 0.1) is 5.92 Å². The van der Waals surface area contributed by atoms with Gasteiger partial charge in [-0.15, -0.1) is 11.3 Å². The van der Waals surface area contributed by atoms with Crippen molar-refractivity contribution in [3.05, 3.63) is 22.4 Å². The third-order valence-electron chi connectivity index (χ3n) is 5.48. The Hall–Kier alpha value is -0.380. The van der Waals surface area contributed by atoms with Crippen molar-refractivity contribution in [1.29, 1.82) is 0 Å². The molecule has 1 N–H and O–H groups in total. The molecular weight excluding hydrogens is 278 g/mol. The standard InChI is InChI=1S/C18H29NOS/c1-3-18(2)13-15(10-11-20-18)19-17(14-7-4-5-8-14)16-9-6-12-21-16/h6,9,12,14-15,17,19H,3-5,7-8,10-11,13H2,1-2H3. The van der Waals surface area contributed by atoms with Crippen molar-refractivity contribution in [2.24, 2.45) is 5.92 Å². The zero-order chi connectivity index (χ0) is 14.7. The van der Waals surface area contributed by atoms with Crippen LogP contribution in [0.15, 0.2) is 17.5 Å². The number of hydrogen-bond donors (Lipinski definition) is 1. The molecule has 0 amide bonds. The van der Waals surface area contributed by atoms with Gasteiger partial charge < -0.3 is 10.1 Å². The van der Waals surface area contributed by atoms with E-state index in [9.17, 15) is 0 Å². The molecule has 1 aromatic rings. The molecule has 3 atom stereocenters. The van der Waals surface area contributed by atoms with E-state index in [1.54, 1.807) is 0 Å². The fourth-order valence-electron chi connectivity index (χ4n) is 3.98. The van der Waals surface area contributed by atoms with Gasteiger partial charge in [-0.2, -0.15) is 0 Å². The predicted molar refractivity (Wildman–Crippen MR) is 89.8 cm³/mol. The Morgan fingerprint density at radius 1 is 1.38 bits per heavy atom. The zero-order valence-electron chi connectivity index (χ0n) is 13.4. The van der Waals surface area contributed by atoms with Gasteiger partial charge in [-0.1, -0.05) is 25.8 Å². The summed E-state index contributed by atoms with van der Waals surface area (Å²) in [6, 6.07) is 5.69. The molecule has 0 bridgehead atoms. The molecule has 21 heavy (non-hydrogen) atoms. The summed E-state index contributed by atoms with van der Waals surface area (Å²) in [4.78, 5) is 1.53. The Labute approximate surface area is 133 Å². The summed E-state index contributed by atoms with van der Waals surface area (Å²) in [6.07, 6.45) is 9.03. The van der Waals surface area contributed by atoms with Crippen LogP contribution in [0.1, 0.15) is 69.7 Å². The molecule has 2 heterocycles. The van der Waals surface area contributed by atoms with Crippen LogP contribution in [0.2, 0.25) is 0 Å². The number of nitrogens with one attached hydrogen (secondary N) is 1. The van der Waals surface area contributed by atoms with Crippen LogP contribution in [0.5, 0.6) is 0 Å². The van der Waals surface area contributed by atoms with Crippen molar-refractivity contribution in [3.63, 3.8) is 0 Å². The molecular formula is C18H29NOS. The van der Waals surface area contributed by atoms with E-state index in [4.69, 9.17) is 4.74 Å². The summed E-state index contributed by atoms with van der Waals surface area (Å²) in [6.45, 7) is 5.43. The van der Waals surface area contributed by atoms with Crippen molar-refractivity contribution in [1.82, 2.24) is 5.32 Å². The number of rotatable bonds is 5. The lowest BCUT2D eigenvalue weighted by Gasteiger charge is -2.40. The Morgan fingerprint density at radius 2 is 2.19 bits per heavy atom. The highest BCUT2D eigenvalue weighted by atomic mass is 32.1. The fraction of sp³-hybridized carbons (Fsp3) is 0.778. The van der Waals surface area contributed by atoms with E-state index >= 15 is 0 Å². The minimum atomic E-state index is 0.0750. The summed E-state index contributed by atoms with van der Waals surface area (Å²) in [5.41, 5.74) is 0.0750. The number of hydrogen-bond acceptors (Lipinski definition) is 3. The topological polar surface area (TPSA) is 21.3 Å². The molecule has 0 radical (unpaired) electrons. The first-order valence-electron chi connectivity index (χ1n) is 8.63. The van der Waals surface area contributed by atoms with Gasteiger partial charge in [0.2, 0.25) is 0 Å². The van der Waals surface area contributed by atoms with Crippen LogP contribution < -0.4 is 5.32 Å². The average molecular weight is 308 g/mol. The molecule has 2 fully saturated rings. The van der Waals surface area contributed by atoms with Crippen molar-refractivity contribution in [2.45, 2.75) is 76.5 Å². The van der Waals surface area contributed by atoms with Gasteiger partial charge in [-0.3, -0.25) is 0 Å². The minimum Gasteiger partial charge on any atom is -0.375 e. The van der Waals surface area contributed by atoms with E-state index in [1.807, 2.05) is 11.3 Å². The summed E-state index contributed by atoms with van der Waals surface area (Å²) in [5, 5.41) is 6.24. The summed E-state index contributed by atoms with van der Waals surface area (Å²) < 4.78 is 6.01. The van der Waals surface area contributed by atoms with Crippen molar-refractivity contribution in [2.75, 3.05) is 6.61 Å². The van der Waals surface area contributed by atoms with E-state index in [-0.39, 0.29) is 5.60 Å². The minimum absolute atomic E-state index is 0.0750. The predicted octanol–water partition coefficient (Wildman–Crippen LogP) is 4.92. The van der Waals surface area contributed by atoms with Crippen LogP contribution in [0.3, 0.4) is 0 Å². The van der Waals surface area contributed by atoms with Crippen LogP contribution >= 0.6 is 11.3 Å². The van der Waals surface area contributed by atoms with Crippen LogP contribution in [0.4, 0.5) is 0 Å². The average Bonchev–Trinajstić information content (AvgIpc) is 3.18. The van der Waals surface area contributed by atoms with Crippen LogP contribution in [-0.4, -0.2) is 18.2 Å². The van der Waals surface area contributed by atoms with E-state index in [0.29, 0.717) is 12.1 Å². The monoisotopic (exact) mass is 307 g/mol. The molecule has 0 aromatic carbocycles. The lowest BCUT2D eigenvalue weighted by molar-refractivity contribution is -0.0798. The van der Waals surface area contributed by atoms with Gasteiger partial charge in [-0.05, 0) is 56.4 Å². The van der Waals surface area contributed by atoms with Crippen LogP contribution in [-0.2, 0) is 4.74 Å². The maximum Gasteiger partial charge on any atom is 0.0666 e. The molecule has 3 heteroatoms. The fourth-order valence-corrected chi connectivity index (χ4v) is 4.86. The smallest absolute Gasteiger partial charge is 0.0666 e. The molecule has 1 aromatic heterocycles. The Bertz CT molecular complexity index is 426. The normalized spacial score (nSPS) is 32.4. The van der Waals surface area contributed by atoms with E-state index in [0.717, 1.165) is 31.8 Å². The number of ether oxygens (including phenoxy) is 1. The summed E-state index contributed by atoms with van der Waals surface area (Å²) >= 11 is 1.92. The Morgan fingerprint density at radius 3 is 2.86 bits per heavy atom. The molecule has 3 unspecified atom stereocenters. The highest BCUT2D eigenvalue weighted by Gasteiger charge is 2.35. The van der Waals surface area contributed by atoms with Gasteiger partial charge in [0, 0.05) is 23.6 Å². The van der Waals surface area contributed by atoms with Gasteiger partial charge in [0.15, 0.2) is 0 Å². The second-order valence-electron chi connectivity index (χ2n) is 7.05. The highest BCUT2D eigenvalue weighted by Crippen LogP contribution is 2.39. The molecule has 1 aliphatic carbocycles. The van der Waals surface area contributed by atoms with Crippen molar-refractivity contribution < 1.29 is 4.74 Å². The summed E-state index contributed by atoms with van der Waals surface area (Å²) in [5.74, 6) is 0.833. The zero-order valence-corrected chi connectivity index (χ0v) is 14.3. The van der Waals surface area contributed by atoms with Crippen LogP contribution in [0.25, 0.3) is 0 Å². The molecule has 118 valence electrons. The lowest BCUT2D eigenvalue weighted by Crippen LogP contribution is -2.47. The lowest BCUT2D eigenvalue weighted by atomic mass is 9.88. The van der Waals surface area contributed by atoms with Gasteiger partial charge in [0.1, 0.15) is 0 Å². The first kappa shape index (κ1) is 15.5. The highest BCUT2D eigenvalue weighted by molar-refractivity contribution is 7.10. The van der Waals surface area contributed by atoms with Crippen molar-refractivity contribution >= 4 is 11.3 Å². The molecule has 1 saturated carbocycles. The third-order valence-corrected chi connectivity index (χ3v) is 6.43. The second-order valence-corrected chi connectivity index (χ2v) is 8.03.